The molecule has 2 rings (SSSR count). The molecule has 1 saturated carbocycles. The van der Waals surface area contributed by atoms with Gasteiger partial charge in [-0.25, -0.2) is 4.79 Å². The van der Waals surface area contributed by atoms with Crippen LogP contribution in [0.15, 0.2) is 18.2 Å². The van der Waals surface area contributed by atoms with E-state index >= 15 is 0 Å². The molecule has 6 nitrogen and oxygen atoms in total. The first-order valence-electron chi connectivity index (χ1n) is 5.26. The molecule has 0 heterocycles. The fourth-order valence-electron chi connectivity index (χ4n) is 1.56. The topological polar surface area (TPSA) is 89.7 Å². The van der Waals surface area contributed by atoms with Crippen LogP contribution in [-0.4, -0.2) is 22.1 Å². The first-order chi connectivity index (χ1) is 8.08. The Labute approximate surface area is 97.0 Å². The quantitative estimate of drug-likeness (QED) is 0.640. The number of ether oxygens (including phenoxy) is 1. The van der Waals surface area contributed by atoms with Crippen LogP contribution in [0.5, 0.6) is 5.75 Å². The molecular weight excluding hydrogens is 226 g/mol. The minimum atomic E-state index is -1.13. The highest BCUT2D eigenvalue weighted by molar-refractivity contribution is 5.88. The Kier molecular flexibility index (Phi) is 2.95. The predicted molar refractivity (Wildman–Crippen MR) is 58.3 cm³/mol. The van der Waals surface area contributed by atoms with Crippen LogP contribution in [0.4, 0.5) is 5.69 Å². The van der Waals surface area contributed by atoms with E-state index < -0.39 is 10.9 Å². The van der Waals surface area contributed by atoms with Crippen molar-refractivity contribution in [3.8, 4) is 5.75 Å². The first-order valence-corrected chi connectivity index (χ1v) is 5.26. The van der Waals surface area contributed by atoms with Crippen LogP contribution in [-0.2, 0) is 0 Å². The molecule has 0 saturated heterocycles. The summed E-state index contributed by atoms with van der Waals surface area (Å²) in [5.74, 6) is -1.09. The normalized spacial score (nSPS) is 15.1. The number of nitrogens with zero attached hydrogens (tertiary/aromatic N) is 1. The van der Waals surface area contributed by atoms with Gasteiger partial charge in [-0.05, 0) is 25.3 Å². The van der Waals surface area contributed by atoms with Gasteiger partial charge in [-0.2, -0.15) is 0 Å². The summed E-state index contributed by atoms with van der Waals surface area (Å²) in [5.41, 5.74) is -0.202. The van der Waals surface area contributed by atoms with Gasteiger partial charge in [0.2, 0.25) is 0 Å². The number of carboxylic acid groups (broad SMARTS) is 1. The minimum absolute atomic E-state index is 0.00933. The second-order valence-electron chi connectivity index (χ2n) is 3.92. The van der Waals surface area contributed by atoms with Crippen molar-refractivity contribution in [2.75, 3.05) is 0 Å². The van der Waals surface area contributed by atoms with Gasteiger partial charge in [-0.15, -0.1) is 0 Å². The second kappa shape index (κ2) is 4.40. The van der Waals surface area contributed by atoms with Gasteiger partial charge in [0.25, 0.3) is 0 Å². The molecule has 0 unspecified atom stereocenters. The Morgan fingerprint density at radius 2 is 2.18 bits per heavy atom. The van der Waals surface area contributed by atoms with Crippen LogP contribution in [0.2, 0.25) is 0 Å². The Balaban J connectivity index is 2.32. The standard InChI is InChI=1S/C11H11NO5/c13-11(14)7-4-5-9(12(15)16)10(6-7)17-8-2-1-3-8/h4-6,8H,1-3H2,(H,13,14). The Morgan fingerprint density at radius 1 is 1.47 bits per heavy atom. The number of carboxylic acids is 1. The number of hydrogen-bond acceptors (Lipinski definition) is 4. The highest BCUT2D eigenvalue weighted by Crippen LogP contribution is 2.32. The molecule has 17 heavy (non-hydrogen) atoms. The maximum atomic E-state index is 10.8. The van der Waals surface area contributed by atoms with Crippen LogP contribution in [0.25, 0.3) is 0 Å². The molecule has 1 N–H and O–H groups in total. The van der Waals surface area contributed by atoms with E-state index in [9.17, 15) is 14.9 Å². The summed E-state index contributed by atoms with van der Waals surface area (Å²) in [5, 5.41) is 19.6. The third-order valence-electron chi connectivity index (χ3n) is 2.75. The van der Waals surface area contributed by atoms with Gasteiger partial charge >= 0.3 is 11.7 Å². The molecule has 0 spiro atoms. The van der Waals surface area contributed by atoms with Gasteiger partial charge in [0.1, 0.15) is 0 Å². The van der Waals surface area contributed by atoms with E-state index in [4.69, 9.17) is 9.84 Å². The van der Waals surface area contributed by atoms with Crippen molar-refractivity contribution in [1.82, 2.24) is 0 Å². The summed E-state index contributed by atoms with van der Waals surface area (Å²) in [6, 6.07) is 3.57. The van der Waals surface area contributed by atoms with Crippen molar-refractivity contribution in [2.45, 2.75) is 25.4 Å². The maximum absolute atomic E-state index is 10.8. The highest BCUT2D eigenvalue weighted by atomic mass is 16.6. The van der Waals surface area contributed by atoms with Crippen molar-refractivity contribution < 1.29 is 19.6 Å². The summed E-state index contributed by atoms with van der Waals surface area (Å²) in [6.45, 7) is 0. The molecule has 0 aliphatic heterocycles. The zero-order valence-corrected chi connectivity index (χ0v) is 8.96. The Bertz CT molecular complexity index is 467. The molecule has 0 bridgehead atoms. The third-order valence-corrected chi connectivity index (χ3v) is 2.75. The number of nitro benzene ring substituents is 1. The molecular formula is C11H11NO5. The summed E-state index contributed by atoms with van der Waals surface area (Å²) in [4.78, 5) is 21.0. The van der Waals surface area contributed by atoms with E-state index in [1.54, 1.807) is 0 Å². The van der Waals surface area contributed by atoms with E-state index in [0.717, 1.165) is 25.3 Å². The number of benzene rings is 1. The monoisotopic (exact) mass is 237 g/mol. The third kappa shape index (κ3) is 2.35. The van der Waals surface area contributed by atoms with Crippen molar-refractivity contribution in [2.24, 2.45) is 0 Å². The van der Waals surface area contributed by atoms with E-state index in [2.05, 4.69) is 0 Å². The van der Waals surface area contributed by atoms with Crippen LogP contribution in [0, 0.1) is 10.1 Å². The molecule has 1 aliphatic rings. The fraction of sp³-hybridized carbons (Fsp3) is 0.364. The SMILES string of the molecule is O=C(O)c1ccc([N+](=O)[O-])c(OC2CCC2)c1. The molecule has 90 valence electrons. The first kappa shape index (κ1) is 11.4. The number of aromatic carboxylic acids is 1. The summed E-state index contributed by atoms with van der Waals surface area (Å²) >= 11 is 0. The van der Waals surface area contributed by atoms with Crippen molar-refractivity contribution in [3.05, 3.63) is 33.9 Å². The van der Waals surface area contributed by atoms with Crippen molar-refractivity contribution >= 4 is 11.7 Å². The predicted octanol–water partition coefficient (Wildman–Crippen LogP) is 2.22. The average Bonchev–Trinajstić information content (AvgIpc) is 2.22. The minimum Gasteiger partial charge on any atom is -0.483 e. The van der Waals surface area contributed by atoms with Gasteiger partial charge in [0, 0.05) is 12.1 Å². The number of rotatable bonds is 4. The maximum Gasteiger partial charge on any atom is 0.335 e. The van der Waals surface area contributed by atoms with Crippen LogP contribution in [0.3, 0.4) is 0 Å². The largest absolute Gasteiger partial charge is 0.483 e. The molecule has 1 fully saturated rings. The lowest BCUT2D eigenvalue weighted by Gasteiger charge is -2.26. The number of carbonyl (C=O) groups is 1. The lowest BCUT2D eigenvalue weighted by molar-refractivity contribution is -0.386. The van der Waals surface area contributed by atoms with Crippen LogP contribution < -0.4 is 4.74 Å². The van der Waals surface area contributed by atoms with Gasteiger partial charge in [-0.3, -0.25) is 10.1 Å². The van der Waals surface area contributed by atoms with E-state index in [1.165, 1.54) is 12.1 Å². The molecule has 1 aromatic rings. The number of hydrogen-bond donors (Lipinski definition) is 1. The Hall–Kier alpha value is -2.11. The molecule has 1 aliphatic carbocycles. The fourth-order valence-corrected chi connectivity index (χ4v) is 1.56. The molecule has 6 heteroatoms. The second-order valence-corrected chi connectivity index (χ2v) is 3.92. The van der Waals surface area contributed by atoms with Gasteiger partial charge in [0.05, 0.1) is 16.6 Å². The van der Waals surface area contributed by atoms with Gasteiger partial charge in [0.15, 0.2) is 5.75 Å². The molecule has 1 aromatic carbocycles. The highest BCUT2D eigenvalue weighted by Gasteiger charge is 2.24. The van der Waals surface area contributed by atoms with E-state index in [1.807, 2.05) is 0 Å². The summed E-state index contributed by atoms with van der Waals surface area (Å²) in [7, 11) is 0. The smallest absolute Gasteiger partial charge is 0.335 e. The van der Waals surface area contributed by atoms with Crippen LogP contribution >= 0.6 is 0 Å². The average molecular weight is 237 g/mol. The molecule has 0 aromatic heterocycles. The van der Waals surface area contributed by atoms with E-state index in [-0.39, 0.29) is 23.1 Å². The van der Waals surface area contributed by atoms with Gasteiger partial charge in [-0.1, -0.05) is 0 Å². The van der Waals surface area contributed by atoms with Crippen molar-refractivity contribution in [3.63, 3.8) is 0 Å². The molecule has 0 atom stereocenters. The summed E-state index contributed by atoms with van der Waals surface area (Å²) < 4.78 is 5.43. The van der Waals surface area contributed by atoms with Gasteiger partial charge < -0.3 is 9.84 Å². The lowest BCUT2D eigenvalue weighted by Crippen LogP contribution is -2.25. The zero-order valence-electron chi connectivity index (χ0n) is 8.96. The lowest BCUT2D eigenvalue weighted by atomic mass is 9.96. The number of nitro groups is 1. The zero-order chi connectivity index (χ0) is 12.4. The molecule has 0 radical (unpaired) electrons. The van der Waals surface area contributed by atoms with Crippen LogP contribution in [0.1, 0.15) is 29.6 Å². The van der Waals surface area contributed by atoms with Crippen molar-refractivity contribution in [1.29, 1.82) is 0 Å². The summed E-state index contributed by atoms with van der Waals surface area (Å²) in [6.07, 6.45) is 2.72. The Morgan fingerprint density at radius 3 is 2.65 bits per heavy atom. The molecule has 0 amide bonds. The van der Waals surface area contributed by atoms with E-state index in [0.29, 0.717) is 0 Å².